The number of rotatable bonds is 4. The number of aliphatic hydroxyl groups excluding tert-OH is 1. The van der Waals surface area contributed by atoms with Crippen LogP contribution < -0.4 is 10.6 Å². The number of benzene rings is 2. The molecule has 0 aromatic heterocycles. The number of anilines is 2. The number of hydrogen-bond acceptors (Lipinski definition) is 3. The van der Waals surface area contributed by atoms with Gasteiger partial charge in [0.15, 0.2) is 0 Å². The molecule has 0 fully saturated rings. The highest BCUT2D eigenvalue weighted by Crippen LogP contribution is 2.35. The maximum Gasteiger partial charge on any atom is 0.256 e. The first kappa shape index (κ1) is 12.3. The Labute approximate surface area is 115 Å². The molecule has 1 atom stereocenters. The topological polar surface area (TPSA) is 61.4 Å². The molecule has 0 saturated carbocycles. The van der Waals surface area contributed by atoms with Crippen LogP contribution in [0.25, 0.3) is 10.8 Å². The van der Waals surface area contributed by atoms with Crippen LogP contribution in [-0.2, 0) is 0 Å². The van der Waals surface area contributed by atoms with E-state index >= 15 is 0 Å². The van der Waals surface area contributed by atoms with Gasteiger partial charge >= 0.3 is 0 Å². The van der Waals surface area contributed by atoms with Gasteiger partial charge < -0.3 is 15.7 Å². The Kier molecular flexibility index (Phi) is 3.05. The zero-order chi connectivity index (χ0) is 13.4. The summed E-state index contributed by atoms with van der Waals surface area (Å²) in [7, 11) is 0. The van der Waals surface area contributed by atoms with Crippen molar-refractivity contribution in [1.82, 2.24) is 0 Å². The molecule has 19 heavy (non-hydrogen) atoms. The predicted octanol–water partition coefficient (Wildman–Crippen LogP) is 2.42. The fourth-order valence-corrected chi connectivity index (χ4v) is 2.40. The van der Waals surface area contributed by atoms with E-state index in [-0.39, 0.29) is 11.8 Å². The zero-order valence-corrected chi connectivity index (χ0v) is 10.9. The lowest BCUT2D eigenvalue weighted by molar-refractivity contribution is 0.103. The highest BCUT2D eigenvalue weighted by Gasteiger charge is 2.21. The highest BCUT2D eigenvalue weighted by atomic mass is 35.5. The Morgan fingerprint density at radius 2 is 2.21 bits per heavy atom. The molecule has 1 aliphatic rings. The number of amides is 1. The fraction of sp³-hybridized carbons (Fsp3) is 0.214. The number of aliphatic hydroxyl groups is 1. The van der Waals surface area contributed by atoms with Gasteiger partial charge in [-0.1, -0.05) is 12.1 Å². The van der Waals surface area contributed by atoms with Gasteiger partial charge in [-0.05, 0) is 23.6 Å². The van der Waals surface area contributed by atoms with Crippen molar-refractivity contribution < 1.29 is 9.90 Å². The molecule has 0 radical (unpaired) electrons. The summed E-state index contributed by atoms with van der Waals surface area (Å²) in [5.74, 6) is 0.0886. The lowest BCUT2D eigenvalue weighted by Crippen LogP contribution is -2.20. The molecule has 3 rings (SSSR count). The summed E-state index contributed by atoms with van der Waals surface area (Å²) in [6.45, 7) is 0.357. The minimum absolute atomic E-state index is 0.0901. The number of hydrogen-bond donors (Lipinski definition) is 3. The van der Waals surface area contributed by atoms with Gasteiger partial charge in [-0.25, -0.2) is 0 Å². The summed E-state index contributed by atoms with van der Waals surface area (Å²) in [6, 6.07) is 9.52. The van der Waals surface area contributed by atoms with Crippen LogP contribution in [0.2, 0.25) is 0 Å². The van der Waals surface area contributed by atoms with Crippen LogP contribution in [-0.4, -0.2) is 29.5 Å². The van der Waals surface area contributed by atoms with Gasteiger partial charge in [0, 0.05) is 23.3 Å². The lowest BCUT2D eigenvalue weighted by Gasteiger charge is -2.11. The van der Waals surface area contributed by atoms with Crippen LogP contribution in [0, 0.1) is 0 Å². The summed E-state index contributed by atoms with van der Waals surface area (Å²) in [6.07, 6.45) is -0.605. The Balaban J connectivity index is 1.99. The maximum absolute atomic E-state index is 11.9. The van der Waals surface area contributed by atoms with Gasteiger partial charge in [-0.2, -0.15) is 0 Å². The van der Waals surface area contributed by atoms with Crippen LogP contribution in [0.1, 0.15) is 10.4 Å². The summed E-state index contributed by atoms with van der Waals surface area (Å²) in [5.41, 5.74) is 2.32. The molecule has 0 spiro atoms. The van der Waals surface area contributed by atoms with E-state index in [2.05, 4.69) is 10.6 Å². The number of halogens is 1. The van der Waals surface area contributed by atoms with E-state index in [1.54, 1.807) is 6.07 Å². The summed E-state index contributed by atoms with van der Waals surface area (Å²) >= 11 is 5.55. The van der Waals surface area contributed by atoms with Gasteiger partial charge in [0.2, 0.25) is 0 Å². The van der Waals surface area contributed by atoms with Crippen molar-refractivity contribution in [3.05, 3.63) is 35.9 Å². The largest absolute Gasteiger partial charge is 0.390 e. The van der Waals surface area contributed by atoms with Gasteiger partial charge in [0.1, 0.15) is 0 Å². The van der Waals surface area contributed by atoms with Crippen molar-refractivity contribution in [3.8, 4) is 0 Å². The third kappa shape index (κ3) is 2.13. The molecule has 5 heteroatoms. The molecule has 0 saturated heterocycles. The second kappa shape index (κ2) is 4.72. The second-order valence-electron chi connectivity index (χ2n) is 4.57. The molecule has 98 valence electrons. The molecular weight excluding hydrogens is 264 g/mol. The number of carbonyl (C=O) groups excluding carboxylic acids is 1. The third-order valence-electron chi connectivity index (χ3n) is 3.19. The fourth-order valence-electron chi connectivity index (χ4n) is 2.29. The number of carbonyl (C=O) groups is 1. The Bertz CT molecular complexity index is 657. The van der Waals surface area contributed by atoms with E-state index in [4.69, 9.17) is 11.6 Å². The summed E-state index contributed by atoms with van der Waals surface area (Å²) in [4.78, 5) is 11.9. The Hall–Kier alpha value is -1.78. The van der Waals surface area contributed by atoms with Gasteiger partial charge in [0.25, 0.3) is 5.91 Å². The number of nitrogens with one attached hydrogen (secondary N) is 2. The van der Waals surface area contributed by atoms with E-state index in [9.17, 15) is 9.90 Å². The van der Waals surface area contributed by atoms with Crippen LogP contribution in [0.4, 0.5) is 11.4 Å². The Morgan fingerprint density at radius 3 is 3.00 bits per heavy atom. The average molecular weight is 277 g/mol. The molecule has 4 nitrogen and oxygen atoms in total. The van der Waals surface area contributed by atoms with Crippen molar-refractivity contribution in [1.29, 1.82) is 0 Å². The maximum atomic E-state index is 11.9. The summed E-state index contributed by atoms with van der Waals surface area (Å²) < 4.78 is 0. The molecule has 2 aromatic rings. The first-order valence-corrected chi connectivity index (χ1v) is 6.58. The van der Waals surface area contributed by atoms with Gasteiger partial charge in [-0.15, -0.1) is 11.6 Å². The predicted molar refractivity (Wildman–Crippen MR) is 77.1 cm³/mol. The van der Waals surface area contributed by atoms with Crippen LogP contribution in [0.5, 0.6) is 0 Å². The minimum atomic E-state index is -0.605. The normalized spacial score (nSPS) is 14.5. The van der Waals surface area contributed by atoms with Crippen molar-refractivity contribution in [2.75, 3.05) is 23.1 Å². The summed E-state index contributed by atoms with van der Waals surface area (Å²) in [5, 5.41) is 17.3. The molecule has 3 N–H and O–H groups in total. The molecular formula is C14H13ClN2O2. The highest BCUT2D eigenvalue weighted by molar-refractivity contribution is 6.24. The third-order valence-corrected chi connectivity index (χ3v) is 3.55. The smallest absolute Gasteiger partial charge is 0.256 e. The van der Waals surface area contributed by atoms with Gasteiger partial charge in [-0.3, -0.25) is 4.79 Å². The molecule has 1 heterocycles. The van der Waals surface area contributed by atoms with E-state index in [1.807, 2.05) is 24.3 Å². The zero-order valence-electron chi connectivity index (χ0n) is 10.1. The minimum Gasteiger partial charge on any atom is -0.390 e. The van der Waals surface area contributed by atoms with Crippen LogP contribution in [0.3, 0.4) is 0 Å². The standard InChI is InChI=1S/C14H13ClN2O2/c15-6-10(18)7-16-9-4-8-2-1-3-12-13(8)11(5-9)14(19)17-12/h1-5,10,16,18H,6-7H2,(H,17,19). The Morgan fingerprint density at radius 1 is 1.37 bits per heavy atom. The molecule has 0 bridgehead atoms. The average Bonchev–Trinajstić information content (AvgIpc) is 2.74. The lowest BCUT2D eigenvalue weighted by atomic mass is 10.0. The van der Waals surface area contributed by atoms with Crippen LogP contribution >= 0.6 is 11.6 Å². The van der Waals surface area contributed by atoms with Gasteiger partial charge in [0.05, 0.1) is 17.5 Å². The molecule has 1 amide bonds. The SMILES string of the molecule is O=C1Nc2cccc3cc(NCC(O)CCl)cc1c23. The molecule has 1 aliphatic heterocycles. The monoisotopic (exact) mass is 276 g/mol. The van der Waals surface area contributed by atoms with Crippen molar-refractivity contribution in [2.24, 2.45) is 0 Å². The van der Waals surface area contributed by atoms with E-state index in [1.165, 1.54) is 0 Å². The first-order chi connectivity index (χ1) is 9.19. The van der Waals surface area contributed by atoms with E-state index in [0.717, 1.165) is 22.1 Å². The van der Waals surface area contributed by atoms with Crippen molar-refractivity contribution in [3.63, 3.8) is 0 Å². The van der Waals surface area contributed by atoms with E-state index < -0.39 is 6.10 Å². The number of alkyl halides is 1. The second-order valence-corrected chi connectivity index (χ2v) is 4.88. The quantitative estimate of drug-likeness (QED) is 0.752. The van der Waals surface area contributed by atoms with Crippen molar-refractivity contribution >= 4 is 39.7 Å². The molecule has 2 aromatic carbocycles. The van der Waals surface area contributed by atoms with Crippen LogP contribution in [0.15, 0.2) is 30.3 Å². The molecule has 1 unspecified atom stereocenters. The van der Waals surface area contributed by atoms with Crippen molar-refractivity contribution in [2.45, 2.75) is 6.10 Å². The molecule has 0 aliphatic carbocycles. The van der Waals surface area contributed by atoms with E-state index in [0.29, 0.717) is 12.1 Å². The first-order valence-electron chi connectivity index (χ1n) is 6.05.